The molecule has 38 heavy (non-hydrogen) atoms. The molecule has 1 aliphatic heterocycles. The van der Waals surface area contributed by atoms with Crippen LogP contribution in [0.25, 0.3) is 0 Å². The fourth-order valence-corrected chi connectivity index (χ4v) is 6.20. The van der Waals surface area contributed by atoms with Gasteiger partial charge >= 0.3 is 12.4 Å². The topological polar surface area (TPSA) is 50.2 Å². The summed E-state index contributed by atoms with van der Waals surface area (Å²) in [5, 5.41) is 7.06. The van der Waals surface area contributed by atoms with E-state index in [1.807, 2.05) is 30.8 Å². The third-order valence-corrected chi connectivity index (χ3v) is 8.45. The van der Waals surface area contributed by atoms with Crippen molar-refractivity contribution in [2.45, 2.75) is 77.4 Å². The van der Waals surface area contributed by atoms with Crippen molar-refractivity contribution >= 4 is 5.91 Å². The Morgan fingerprint density at radius 1 is 1.11 bits per heavy atom. The van der Waals surface area contributed by atoms with Crippen LogP contribution in [0.2, 0.25) is 0 Å². The lowest BCUT2D eigenvalue weighted by Gasteiger charge is -2.41. The number of carbonyl (C=O) groups is 1. The first-order chi connectivity index (χ1) is 17.7. The first-order valence-corrected chi connectivity index (χ1v) is 13.0. The zero-order valence-electron chi connectivity index (χ0n) is 21.7. The van der Waals surface area contributed by atoms with Crippen LogP contribution < -0.4 is 5.32 Å². The predicted octanol–water partition coefficient (Wildman–Crippen LogP) is 6.31. The summed E-state index contributed by atoms with van der Waals surface area (Å²) in [6.07, 6.45) is -3.14. The van der Waals surface area contributed by atoms with E-state index in [9.17, 15) is 31.1 Å². The average Bonchev–Trinajstić information content (AvgIpc) is 3.52. The number of piperidine rings is 1. The molecule has 1 saturated heterocycles. The Bertz CT molecular complexity index is 1080. The molecule has 4 atom stereocenters. The number of hydrogen-bond acceptors (Lipinski definition) is 3. The Hall–Kier alpha value is -2.56. The number of rotatable bonds is 6. The molecule has 1 aromatic carbocycles. The van der Waals surface area contributed by atoms with E-state index in [0.717, 1.165) is 25.9 Å². The smallest absolute Gasteiger partial charge is 0.352 e. The maximum absolute atomic E-state index is 13.5. The highest BCUT2D eigenvalue weighted by molar-refractivity contribution is 5.83. The summed E-state index contributed by atoms with van der Waals surface area (Å²) in [6, 6.07) is 3.85. The maximum Gasteiger partial charge on any atom is 0.416 e. The lowest BCUT2D eigenvalue weighted by Crippen LogP contribution is -2.47. The molecule has 2 aromatic rings. The molecule has 210 valence electrons. The Kier molecular flexibility index (Phi) is 7.89. The molecule has 2 aliphatic rings. The van der Waals surface area contributed by atoms with Crippen molar-refractivity contribution in [3.8, 4) is 0 Å². The van der Waals surface area contributed by atoms with Crippen molar-refractivity contribution in [2.24, 2.45) is 17.3 Å². The summed E-state index contributed by atoms with van der Waals surface area (Å²) in [5.74, 6) is 0.00879. The lowest BCUT2D eigenvalue weighted by molar-refractivity contribution is -0.143. The largest absolute Gasteiger partial charge is 0.416 e. The number of alkyl halides is 6. The third kappa shape index (κ3) is 5.87. The molecule has 4 unspecified atom stereocenters. The summed E-state index contributed by atoms with van der Waals surface area (Å²) in [7, 11) is 0. The Balaban J connectivity index is 1.44. The highest BCUT2D eigenvalue weighted by atomic mass is 19.4. The Morgan fingerprint density at radius 3 is 2.29 bits per heavy atom. The normalized spacial score (nSPS) is 27.2. The number of halogens is 6. The minimum atomic E-state index is -4.93. The molecule has 2 fully saturated rings. The number of nitrogens with zero attached hydrogens (tertiary/aromatic N) is 3. The van der Waals surface area contributed by atoms with E-state index < -0.39 is 35.4 Å². The van der Waals surface area contributed by atoms with Gasteiger partial charge in [-0.2, -0.15) is 31.4 Å². The molecule has 0 radical (unpaired) electrons. The van der Waals surface area contributed by atoms with Gasteiger partial charge in [0.1, 0.15) is 0 Å². The van der Waals surface area contributed by atoms with Crippen LogP contribution in [0, 0.1) is 17.3 Å². The van der Waals surface area contributed by atoms with Crippen molar-refractivity contribution < 1.29 is 31.1 Å². The van der Waals surface area contributed by atoms with E-state index in [1.165, 1.54) is 0 Å². The Labute approximate surface area is 218 Å². The van der Waals surface area contributed by atoms with Gasteiger partial charge in [0, 0.05) is 38.1 Å². The van der Waals surface area contributed by atoms with Gasteiger partial charge in [0.25, 0.3) is 0 Å². The van der Waals surface area contributed by atoms with Gasteiger partial charge in [0.2, 0.25) is 5.91 Å². The van der Waals surface area contributed by atoms with Crippen LogP contribution >= 0.6 is 0 Å². The molecule has 11 heteroatoms. The summed E-state index contributed by atoms with van der Waals surface area (Å²) in [4.78, 5) is 15.9. The van der Waals surface area contributed by atoms with Crippen LogP contribution in [-0.4, -0.2) is 39.7 Å². The second kappa shape index (κ2) is 10.5. The molecular weight excluding hydrogens is 510 g/mol. The molecule has 0 spiro atoms. The molecule has 2 heterocycles. The second-order valence-corrected chi connectivity index (χ2v) is 11.1. The van der Waals surface area contributed by atoms with Crippen molar-refractivity contribution in [2.75, 3.05) is 13.1 Å². The highest BCUT2D eigenvalue weighted by Crippen LogP contribution is 2.47. The fraction of sp³-hybridized carbons (Fsp3) is 0.630. The van der Waals surface area contributed by atoms with Gasteiger partial charge in [0.15, 0.2) is 0 Å². The fourth-order valence-electron chi connectivity index (χ4n) is 6.20. The summed E-state index contributed by atoms with van der Waals surface area (Å²) < 4.78 is 81.4. The molecule has 1 aliphatic carbocycles. The average molecular weight is 545 g/mol. The number of nitrogens with one attached hydrogen (secondary N) is 1. The number of hydrogen-bond donors (Lipinski definition) is 1. The number of likely N-dealkylation sites (tertiary alicyclic amines) is 1. The number of carbonyl (C=O) groups excluding carboxylic acids is 1. The van der Waals surface area contributed by atoms with Gasteiger partial charge in [-0.05, 0) is 67.3 Å². The predicted molar refractivity (Wildman–Crippen MR) is 130 cm³/mol. The number of benzene rings is 1. The van der Waals surface area contributed by atoms with Gasteiger partial charge in [-0.25, -0.2) is 0 Å². The summed E-state index contributed by atoms with van der Waals surface area (Å²) in [5.41, 5.74) is -3.74. The maximum atomic E-state index is 13.5. The summed E-state index contributed by atoms with van der Waals surface area (Å²) >= 11 is 0. The van der Waals surface area contributed by atoms with Crippen LogP contribution in [0.4, 0.5) is 26.3 Å². The van der Waals surface area contributed by atoms with Gasteiger partial charge in [-0.1, -0.05) is 20.8 Å². The molecule has 5 nitrogen and oxygen atoms in total. The van der Waals surface area contributed by atoms with Gasteiger partial charge in [0.05, 0.1) is 22.6 Å². The quantitative estimate of drug-likeness (QED) is 0.434. The first kappa shape index (κ1) is 28.4. The lowest BCUT2D eigenvalue weighted by atomic mass is 9.74. The van der Waals surface area contributed by atoms with Crippen LogP contribution in [0.15, 0.2) is 36.7 Å². The van der Waals surface area contributed by atoms with Gasteiger partial charge < -0.3 is 5.32 Å². The minimum Gasteiger partial charge on any atom is -0.352 e. The van der Waals surface area contributed by atoms with Crippen LogP contribution in [0.3, 0.4) is 0 Å². The zero-order valence-corrected chi connectivity index (χ0v) is 21.7. The van der Waals surface area contributed by atoms with Crippen molar-refractivity contribution in [3.05, 3.63) is 53.3 Å². The molecule has 1 saturated carbocycles. The minimum absolute atomic E-state index is 0.0428. The molecule has 4 rings (SSSR count). The van der Waals surface area contributed by atoms with E-state index >= 15 is 0 Å². The van der Waals surface area contributed by atoms with E-state index in [1.54, 1.807) is 6.20 Å². The van der Waals surface area contributed by atoms with E-state index in [0.29, 0.717) is 36.9 Å². The second-order valence-electron chi connectivity index (χ2n) is 11.1. The van der Waals surface area contributed by atoms with Crippen LogP contribution in [-0.2, 0) is 23.7 Å². The van der Waals surface area contributed by atoms with Crippen molar-refractivity contribution in [3.63, 3.8) is 0 Å². The SMILES string of the molecule is CC1CN(C2CCC(C(=O)NCc3cc(C(F)(F)F)cc(C(F)(F)F)c3)(C(C)C)C2)CCC1n1cccn1. The highest BCUT2D eigenvalue weighted by Gasteiger charge is 2.49. The Morgan fingerprint density at radius 2 is 1.76 bits per heavy atom. The first-order valence-electron chi connectivity index (χ1n) is 13.0. The van der Waals surface area contributed by atoms with Crippen LogP contribution in [0.1, 0.15) is 69.2 Å². The molecular formula is C27H34F6N4O. The molecule has 1 amide bonds. The monoisotopic (exact) mass is 544 g/mol. The molecule has 1 aromatic heterocycles. The van der Waals surface area contributed by atoms with Gasteiger partial charge in [-0.3, -0.25) is 14.4 Å². The van der Waals surface area contributed by atoms with Crippen molar-refractivity contribution in [1.29, 1.82) is 0 Å². The molecule has 1 N–H and O–H groups in total. The van der Waals surface area contributed by atoms with E-state index in [2.05, 4.69) is 22.2 Å². The summed E-state index contributed by atoms with van der Waals surface area (Å²) in [6.45, 7) is 7.42. The van der Waals surface area contributed by atoms with Crippen molar-refractivity contribution in [1.82, 2.24) is 20.0 Å². The van der Waals surface area contributed by atoms with Gasteiger partial charge in [-0.15, -0.1) is 0 Å². The third-order valence-electron chi connectivity index (χ3n) is 8.45. The zero-order chi connectivity index (χ0) is 27.9. The van der Waals surface area contributed by atoms with Crippen LogP contribution in [0.5, 0.6) is 0 Å². The number of amides is 1. The van der Waals surface area contributed by atoms with E-state index in [-0.39, 0.29) is 29.5 Å². The molecule has 0 bridgehead atoms. The number of aromatic nitrogens is 2. The van der Waals surface area contributed by atoms with E-state index in [4.69, 9.17) is 0 Å². The standard InChI is InChI=1S/C27H34F6N4O/c1-17(2)25(7-5-22(14-25)36-10-6-23(18(3)16-36)37-9-4-8-35-37)24(38)34-15-19-11-20(26(28,29)30)13-21(12-19)27(31,32)33/h4,8-9,11-13,17-18,22-23H,5-7,10,14-16H2,1-3H3,(H,34,38).